The van der Waals surface area contributed by atoms with Crippen molar-refractivity contribution in [2.24, 2.45) is 17.1 Å². The van der Waals surface area contributed by atoms with Crippen molar-refractivity contribution in [3.05, 3.63) is 0 Å². The lowest BCUT2D eigenvalue weighted by atomic mass is 9.86. The highest BCUT2D eigenvalue weighted by Gasteiger charge is 2.35. The van der Waals surface area contributed by atoms with Gasteiger partial charge in [-0.1, -0.05) is 0 Å². The Kier molecular flexibility index (Phi) is 5.01. The van der Waals surface area contributed by atoms with Gasteiger partial charge in [0.15, 0.2) is 0 Å². The molecule has 0 aromatic heterocycles. The van der Waals surface area contributed by atoms with Crippen LogP contribution in [-0.4, -0.2) is 69.8 Å². The molecular formula is C14H29N3O. The Balaban J connectivity index is 1.75. The zero-order valence-corrected chi connectivity index (χ0v) is 12.0. The van der Waals surface area contributed by atoms with Crippen LogP contribution in [0, 0.1) is 11.3 Å². The maximum atomic E-state index is 5.96. The average molecular weight is 255 g/mol. The van der Waals surface area contributed by atoms with Crippen molar-refractivity contribution < 1.29 is 4.74 Å². The molecule has 0 spiro atoms. The first kappa shape index (κ1) is 14.3. The van der Waals surface area contributed by atoms with Crippen molar-refractivity contribution in [2.45, 2.75) is 19.3 Å². The molecule has 1 atom stereocenters. The van der Waals surface area contributed by atoms with Gasteiger partial charge in [0, 0.05) is 31.7 Å². The van der Waals surface area contributed by atoms with Crippen LogP contribution in [0.5, 0.6) is 0 Å². The highest BCUT2D eigenvalue weighted by Crippen LogP contribution is 2.28. The van der Waals surface area contributed by atoms with Crippen LogP contribution in [0.4, 0.5) is 0 Å². The summed E-state index contributed by atoms with van der Waals surface area (Å²) in [6.45, 7) is 7.31. The number of nitrogens with two attached hydrogens (primary N) is 1. The first-order chi connectivity index (χ1) is 8.63. The van der Waals surface area contributed by atoms with E-state index in [2.05, 4.69) is 23.9 Å². The van der Waals surface area contributed by atoms with Gasteiger partial charge in [-0.05, 0) is 52.4 Å². The van der Waals surface area contributed by atoms with E-state index >= 15 is 0 Å². The molecule has 106 valence electrons. The summed E-state index contributed by atoms with van der Waals surface area (Å²) in [5.74, 6) is 0.864. The number of hydrogen-bond donors (Lipinski definition) is 1. The summed E-state index contributed by atoms with van der Waals surface area (Å²) in [5, 5.41) is 0. The summed E-state index contributed by atoms with van der Waals surface area (Å²) in [7, 11) is 4.47. The number of hydrogen-bond acceptors (Lipinski definition) is 4. The van der Waals surface area contributed by atoms with Crippen LogP contribution in [0.25, 0.3) is 0 Å². The molecule has 2 fully saturated rings. The molecule has 0 aromatic rings. The van der Waals surface area contributed by atoms with Crippen molar-refractivity contribution in [3.63, 3.8) is 0 Å². The summed E-state index contributed by atoms with van der Waals surface area (Å²) in [6, 6.07) is 0. The van der Waals surface area contributed by atoms with Crippen LogP contribution in [0.2, 0.25) is 0 Å². The lowest BCUT2D eigenvalue weighted by Gasteiger charge is -2.35. The second kappa shape index (κ2) is 6.33. The highest BCUT2D eigenvalue weighted by atomic mass is 16.5. The van der Waals surface area contributed by atoms with Gasteiger partial charge in [0.1, 0.15) is 0 Å². The van der Waals surface area contributed by atoms with E-state index in [4.69, 9.17) is 10.5 Å². The number of rotatable bonds is 5. The van der Waals surface area contributed by atoms with E-state index in [1.165, 1.54) is 32.5 Å². The van der Waals surface area contributed by atoms with E-state index in [9.17, 15) is 0 Å². The largest absolute Gasteiger partial charge is 0.381 e. The smallest absolute Gasteiger partial charge is 0.0547 e. The fourth-order valence-corrected chi connectivity index (χ4v) is 3.32. The molecule has 4 heteroatoms. The molecule has 0 radical (unpaired) electrons. The van der Waals surface area contributed by atoms with Gasteiger partial charge in [0.25, 0.3) is 0 Å². The predicted octanol–water partition coefficient (Wildman–Crippen LogP) is 0.625. The van der Waals surface area contributed by atoms with Gasteiger partial charge in [-0.15, -0.1) is 0 Å². The third-order valence-electron chi connectivity index (χ3n) is 4.63. The molecule has 0 bridgehead atoms. The van der Waals surface area contributed by atoms with Gasteiger partial charge in [-0.3, -0.25) is 0 Å². The first-order valence-corrected chi connectivity index (χ1v) is 7.28. The number of piperidine rings is 1. The Bertz CT molecular complexity index is 245. The van der Waals surface area contributed by atoms with E-state index in [0.717, 1.165) is 38.6 Å². The molecule has 0 amide bonds. The van der Waals surface area contributed by atoms with Crippen LogP contribution in [0.1, 0.15) is 19.3 Å². The van der Waals surface area contributed by atoms with Crippen molar-refractivity contribution in [1.82, 2.24) is 9.80 Å². The number of ether oxygens (including phenoxy) is 1. The van der Waals surface area contributed by atoms with E-state index in [0.29, 0.717) is 0 Å². The monoisotopic (exact) mass is 255 g/mol. The zero-order valence-electron chi connectivity index (χ0n) is 12.0. The summed E-state index contributed by atoms with van der Waals surface area (Å²) in [6.07, 6.45) is 3.81. The van der Waals surface area contributed by atoms with Crippen molar-refractivity contribution in [3.8, 4) is 0 Å². The minimum Gasteiger partial charge on any atom is -0.381 e. The molecule has 1 unspecified atom stereocenters. The van der Waals surface area contributed by atoms with Gasteiger partial charge in [-0.2, -0.15) is 0 Å². The normalized spacial score (nSPS) is 31.3. The van der Waals surface area contributed by atoms with Gasteiger partial charge in [0.2, 0.25) is 0 Å². The molecule has 0 saturated carbocycles. The quantitative estimate of drug-likeness (QED) is 0.782. The third-order valence-corrected chi connectivity index (χ3v) is 4.63. The minimum atomic E-state index is 0.222. The van der Waals surface area contributed by atoms with Crippen LogP contribution >= 0.6 is 0 Å². The molecule has 2 saturated heterocycles. The Hall–Kier alpha value is -0.160. The third kappa shape index (κ3) is 3.67. The summed E-state index contributed by atoms with van der Waals surface area (Å²) in [4.78, 5) is 4.92. The van der Waals surface area contributed by atoms with E-state index in [1.807, 2.05) is 0 Å². The lowest BCUT2D eigenvalue weighted by molar-refractivity contribution is 0.108. The first-order valence-electron chi connectivity index (χ1n) is 7.28. The standard InChI is InChI=1S/C14H29N3O/c1-16-6-3-13(4-7-16)9-17(2)11-14(10-15)5-8-18-12-14/h13H,3-12,15H2,1-2H3. The Morgan fingerprint density at radius 1 is 1.39 bits per heavy atom. The second-order valence-electron chi connectivity index (χ2n) is 6.45. The molecule has 2 aliphatic heterocycles. The SMILES string of the molecule is CN1CCC(CN(C)CC2(CN)CCOC2)CC1. The molecule has 2 N–H and O–H groups in total. The fraction of sp³-hybridized carbons (Fsp3) is 1.00. The van der Waals surface area contributed by atoms with E-state index in [1.54, 1.807) is 0 Å². The topological polar surface area (TPSA) is 41.7 Å². The molecule has 18 heavy (non-hydrogen) atoms. The van der Waals surface area contributed by atoms with Crippen molar-refractivity contribution >= 4 is 0 Å². The van der Waals surface area contributed by atoms with E-state index < -0.39 is 0 Å². The average Bonchev–Trinajstić information content (AvgIpc) is 2.81. The summed E-state index contributed by atoms with van der Waals surface area (Å²) < 4.78 is 5.54. The van der Waals surface area contributed by atoms with Crippen LogP contribution in [0.3, 0.4) is 0 Å². The van der Waals surface area contributed by atoms with Gasteiger partial charge in [-0.25, -0.2) is 0 Å². The molecule has 4 nitrogen and oxygen atoms in total. The fourth-order valence-electron chi connectivity index (χ4n) is 3.32. The zero-order chi connectivity index (χ0) is 13.0. The van der Waals surface area contributed by atoms with Crippen LogP contribution in [0.15, 0.2) is 0 Å². The Morgan fingerprint density at radius 3 is 2.67 bits per heavy atom. The minimum absolute atomic E-state index is 0.222. The summed E-state index contributed by atoms with van der Waals surface area (Å²) >= 11 is 0. The van der Waals surface area contributed by atoms with Crippen molar-refractivity contribution in [2.75, 3.05) is 60.0 Å². The van der Waals surface area contributed by atoms with Gasteiger partial charge in [0.05, 0.1) is 6.61 Å². The molecule has 2 aliphatic rings. The van der Waals surface area contributed by atoms with Crippen molar-refractivity contribution in [1.29, 1.82) is 0 Å². The van der Waals surface area contributed by atoms with Crippen LogP contribution in [-0.2, 0) is 4.74 Å². The molecular weight excluding hydrogens is 226 g/mol. The van der Waals surface area contributed by atoms with Gasteiger partial charge < -0.3 is 20.3 Å². The molecule has 2 rings (SSSR count). The Morgan fingerprint density at radius 2 is 2.11 bits per heavy atom. The maximum Gasteiger partial charge on any atom is 0.0547 e. The maximum absolute atomic E-state index is 5.96. The highest BCUT2D eigenvalue weighted by molar-refractivity contribution is 4.87. The molecule has 2 heterocycles. The summed E-state index contributed by atoms with van der Waals surface area (Å²) in [5.41, 5.74) is 6.18. The number of likely N-dealkylation sites (tertiary alicyclic amines) is 1. The molecule has 0 aromatic carbocycles. The Labute approximate surface area is 111 Å². The van der Waals surface area contributed by atoms with Gasteiger partial charge >= 0.3 is 0 Å². The molecule has 0 aliphatic carbocycles. The van der Waals surface area contributed by atoms with Crippen LogP contribution < -0.4 is 5.73 Å². The van der Waals surface area contributed by atoms with E-state index in [-0.39, 0.29) is 5.41 Å². The second-order valence-corrected chi connectivity index (χ2v) is 6.45. The lowest BCUT2D eigenvalue weighted by Crippen LogP contribution is -2.44. The number of nitrogens with zero attached hydrogens (tertiary/aromatic N) is 2. The predicted molar refractivity (Wildman–Crippen MR) is 74.6 cm³/mol.